The van der Waals surface area contributed by atoms with Gasteiger partial charge in [-0.15, -0.1) is 0 Å². The minimum Gasteiger partial charge on any atom is -0.481 e. The van der Waals surface area contributed by atoms with Crippen molar-refractivity contribution < 1.29 is 19.4 Å². The van der Waals surface area contributed by atoms with E-state index in [0.29, 0.717) is 38.7 Å². The highest BCUT2D eigenvalue weighted by Crippen LogP contribution is 2.23. The molecule has 0 unspecified atom stereocenters. The summed E-state index contributed by atoms with van der Waals surface area (Å²) < 4.78 is 5.27. The third-order valence-electron chi connectivity index (χ3n) is 4.24. The van der Waals surface area contributed by atoms with Crippen molar-refractivity contribution in [1.29, 1.82) is 0 Å². The van der Waals surface area contributed by atoms with E-state index in [9.17, 15) is 9.59 Å². The number of hydrogen-bond acceptors (Lipinski definition) is 4. The number of carbonyl (C=O) groups excluding carboxylic acids is 1. The highest BCUT2D eigenvalue weighted by molar-refractivity contribution is 5.71. The summed E-state index contributed by atoms with van der Waals surface area (Å²) in [5.74, 6) is -0.498. The third-order valence-corrected chi connectivity index (χ3v) is 4.24. The Morgan fingerprint density at radius 1 is 1.14 bits per heavy atom. The molecule has 1 N–H and O–H groups in total. The Hall–Kier alpha value is -2.08. The summed E-state index contributed by atoms with van der Waals surface area (Å²) in [5.41, 5.74) is 0.980. The van der Waals surface area contributed by atoms with Crippen molar-refractivity contribution in [2.24, 2.45) is 11.8 Å². The molecular weight excluding hydrogens is 284 g/mol. The van der Waals surface area contributed by atoms with Gasteiger partial charge in [0.15, 0.2) is 0 Å². The molecular formula is C16H20N2O4. The minimum atomic E-state index is -0.712. The molecule has 2 aliphatic heterocycles. The number of aliphatic carboxylic acids is 1. The normalized spacial score (nSPS) is 19.4. The van der Waals surface area contributed by atoms with Crippen molar-refractivity contribution in [3.63, 3.8) is 0 Å². The van der Waals surface area contributed by atoms with Gasteiger partial charge < -0.3 is 19.6 Å². The maximum absolute atomic E-state index is 11.9. The second kappa shape index (κ2) is 6.36. The van der Waals surface area contributed by atoms with Crippen LogP contribution in [0, 0.1) is 11.8 Å². The number of carboxylic acid groups (broad SMARTS) is 1. The van der Waals surface area contributed by atoms with Gasteiger partial charge in [0.25, 0.3) is 0 Å². The largest absolute Gasteiger partial charge is 0.481 e. The summed E-state index contributed by atoms with van der Waals surface area (Å²) in [4.78, 5) is 26.4. The molecule has 0 atom stereocenters. The first-order chi connectivity index (χ1) is 10.6. The van der Waals surface area contributed by atoms with Crippen molar-refractivity contribution >= 4 is 12.1 Å². The van der Waals surface area contributed by atoms with E-state index in [-0.39, 0.29) is 12.0 Å². The summed E-state index contributed by atoms with van der Waals surface area (Å²) in [5, 5.41) is 8.83. The maximum Gasteiger partial charge on any atom is 0.410 e. The fourth-order valence-electron chi connectivity index (χ4n) is 2.89. The van der Waals surface area contributed by atoms with Crippen LogP contribution in [0.1, 0.15) is 5.56 Å². The molecule has 1 amide bonds. The lowest BCUT2D eigenvalue weighted by Crippen LogP contribution is -2.58. The number of ether oxygens (including phenoxy) is 1. The molecule has 1 aromatic carbocycles. The zero-order valence-corrected chi connectivity index (χ0v) is 12.4. The van der Waals surface area contributed by atoms with Crippen molar-refractivity contribution in [3.05, 3.63) is 35.9 Å². The quantitative estimate of drug-likeness (QED) is 0.887. The van der Waals surface area contributed by atoms with Crippen LogP contribution in [0.15, 0.2) is 30.3 Å². The molecule has 0 aromatic heterocycles. The van der Waals surface area contributed by atoms with E-state index in [2.05, 4.69) is 4.90 Å². The molecule has 6 heteroatoms. The van der Waals surface area contributed by atoms with Gasteiger partial charge in [-0.05, 0) is 5.56 Å². The van der Waals surface area contributed by atoms with Crippen LogP contribution in [0.2, 0.25) is 0 Å². The van der Waals surface area contributed by atoms with Crippen LogP contribution in [0.5, 0.6) is 0 Å². The molecule has 0 spiro atoms. The van der Waals surface area contributed by atoms with Gasteiger partial charge in [-0.3, -0.25) is 4.79 Å². The second-order valence-electron chi connectivity index (χ2n) is 6.06. The molecule has 0 saturated carbocycles. The molecule has 1 aromatic rings. The number of benzene rings is 1. The van der Waals surface area contributed by atoms with Crippen molar-refractivity contribution in [2.45, 2.75) is 6.61 Å². The topological polar surface area (TPSA) is 70.1 Å². The van der Waals surface area contributed by atoms with Crippen LogP contribution >= 0.6 is 0 Å². The Bertz CT molecular complexity index is 536. The van der Waals surface area contributed by atoms with E-state index in [4.69, 9.17) is 9.84 Å². The standard InChI is InChI=1S/C16H20N2O4/c19-15(20)14-9-17(10-14)6-13-7-18(8-13)16(21)22-11-12-4-2-1-3-5-12/h1-5,13-14H,6-11H2,(H,19,20). The monoisotopic (exact) mass is 304 g/mol. The molecule has 6 nitrogen and oxygen atoms in total. The molecule has 3 rings (SSSR count). The van der Waals surface area contributed by atoms with Crippen molar-refractivity contribution in [1.82, 2.24) is 9.80 Å². The van der Waals surface area contributed by atoms with Gasteiger partial charge in [-0.2, -0.15) is 0 Å². The van der Waals surface area contributed by atoms with Crippen molar-refractivity contribution in [3.8, 4) is 0 Å². The van der Waals surface area contributed by atoms with Crippen LogP contribution in [0.3, 0.4) is 0 Å². The van der Waals surface area contributed by atoms with Gasteiger partial charge >= 0.3 is 12.1 Å². The zero-order chi connectivity index (χ0) is 15.5. The molecule has 2 saturated heterocycles. The fourth-order valence-corrected chi connectivity index (χ4v) is 2.89. The summed E-state index contributed by atoms with van der Waals surface area (Å²) in [6, 6.07) is 9.61. The minimum absolute atomic E-state index is 0.216. The van der Waals surface area contributed by atoms with Gasteiger partial charge in [-0.1, -0.05) is 30.3 Å². The van der Waals surface area contributed by atoms with Crippen molar-refractivity contribution in [2.75, 3.05) is 32.7 Å². The van der Waals surface area contributed by atoms with Crippen LogP contribution < -0.4 is 0 Å². The van der Waals surface area contributed by atoms with Crippen LogP contribution in [0.4, 0.5) is 4.79 Å². The van der Waals surface area contributed by atoms with E-state index in [1.807, 2.05) is 30.3 Å². The predicted octanol–water partition coefficient (Wildman–Crippen LogP) is 1.27. The Morgan fingerprint density at radius 3 is 2.45 bits per heavy atom. The van der Waals surface area contributed by atoms with E-state index in [0.717, 1.165) is 12.1 Å². The Balaban J connectivity index is 1.32. The number of carbonyl (C=O) groups is 2. The fraction of sp³-hybridized carbons (Fsp3) is 0.500. The van der Waals surface area contributed by atoms with Gasteiger partial charge in [0.2, 0.25) is 0 Å². The van der Waals surface area contributed by atoms with Gasteiger partial charge in [0.1, 0.15) is 6.61 Å². The molecule has 0 bridgehead atoms. The Labute approximate surface area is 129 Å². The number of likely N-dealkylation sites (tertiary alicyclic amines) is 2. The van der Waals surface area contributed by atoms with Crippen LogP contribution in [-0.2, 0) is 16.1 Å². The lowest BCUT2D eigenvalue weighted by Gasteiger charge is -2.44. The average molecular weight is 304 g/mol. The highest BCUT2D eigenvalue weighted by Gasteiger charge is 2.38. The third kappa shape index (κ3) is 3.39. The SMILES string of the molecule is O=C(O)C1CN(CC2CN(C(=O)OCc3ccccc3)C2)C1. The number of hydrogen-bond donors (Lipinski definition) is 1. The molecule has 0 aliphatic carbocycles. The summed E-state index contributed by atoms with van der Waals surface area (Å²) in [7, 11) is 0. The summed E-state index contributed by atoms with van der Waals surface area (Å²) in [6.45, 7) is 3.82. The summed E-state index contributed by atoms with van der Waals surface area (Å²) >= 11 is 0. The molecule has 2 heterocycles. The van der Waals surface area contributed by atoms with Crippen LogP contribution in [-0.4, -0.2) is 59.7 Å². The number of amides is 1. The first-order valence-electron chi connectivity index (χ1n) is 7.52. The molecule has 0 radical (unpaired) electrons. The van der Waals surface area contributed by atoms with Gasteiger partial charge in [-0.25, -0.2) is 4.79 Å². The van der Waals surface area contributed by atoms with E-state index >= 15 is 0 Å². The molecule has 22 heavy (non-hydrogen) atoms. The Morgan fingerprint density at radius 2 is 1.82 bits per heavy atom. The molecule has 118 valence electrons. The number of nitrogens with zero attached hydrogens (tertiary/aromatic N) is 2. The lowest BCUT2D eigenvalue weighted by molar-refractivity contribution is -0.148. The smallest absolute Gasteiger partial charge is 0.410 e. The van der Waals surface area contributed by atoms with Gasteiger partial charge in [0.05, 0.1) is 5.92 Å². The predicted molar refractivity (Wildman–Crippen MR) is 79.3 cm³/mol. The lowest BCUT2D eigenvalue weighted by atomic mass is 9.94. The Kier molecular flexibility index (Phi) is 4.29. The average Bonchev–Trinajstić information content (AvgIpc) is 2.42. The maximum atomic E-state index is 11.9. The first-order valence-corrected chi connectivity index (χ1v) is 7.52. The number of rotatable bonds is 5. The van der Waals surface area contributed by atoms with Crippen LogP contribution in [0.25, 0.3) is 0 Å². The second-order valence-corrected chi connectivity index (χ2v) is 6.06. The first kappa shape index (κ1) is 14.8. The van der Waals surface area contributed by atoms with E-state index in [1.165, 1.54) is 0 Å². The van der Waals surface area contributed by atoms with E-state index < -0.39 is 5.97 Å². The van der Waals surface area contributed by atoms with Gasteiger partial charge in [0, 0.05) is 38.6 Å². The highest BCUT2D eigenvalue weighted by atomic mass is 16.6. The number of carboxylic acids is 1. The zero-order valence-electron chi connectivity index (χ0n) is 12.4. The van der Waals surface area contributed by atoms with E-state index in [1.54, 1.807) is 4.90 Å². The molecule has 2 aliphatic rings. The summed E-state index contributed by atoms with van der Waals surface area (Å²) in [6.07, 6.45) is -0.271. The molecule has 2 fully saturated rings.